The van der Waals surface area contributed by atoms with Crippen LogP contribution in [0.2, 0.25) is 0 Å². The Morgan fingerprint density at radius 1 is 1.05 bits per heavy atom. The Bertz CT molecular complexity index is 756. The number of nitrogen functional groups attached to an aromatic ring is 1. The summed E-state index contributed by atoms with van der Waals surface area (Å²) in [5.41, 5.74) is 6.15. The predicted molar refractivity (Wildman–Crippen MR) is 75.1 cm³/mol. The van der Waals surface area contributed by atoms with Gasteiger partial charge in [0.25, 0.3) is 16.0 Å². The van der Waals surface area contributed by atoms with Crippen molar-refractivity contribution in [1.29, 1.82) is 0 Å². The van der Waals surface area contributed by atoms with E-state index in [9.17, 15) is 13.2 Å². The molecule has 0 fully saturated rings. The Kier molecular flexibility index (Phi) is 3.73. The van der Waals surface area contributed by atoms with Gasteiger partial charge >= 0.3 is 0 Å². The van der Waals surface area contributed by atoms with Gasteiger partial charge in [0.05, 0.1) is 11.3 Å². The fraction of sp³-hybridized carbons (Fsp3) is 0. The summed E-state index contributed by atoms with van der Waals surface area (Å²) in [6.07, 6.45) is 0. The highest BCUT2D eigenvalue weighted by molar-refractivity contribution is 7.86. The number of hydrogen-bond acceptors (Lipinski definition) is 4. The molecule has 20 heavy (non-hydrogen) atoms. The van der Waals surface area contributed by atoms with E-state index >= 15 is 0 Å². The molecule has 7 heteroatoms. The Morgan fingerprint density at radius 3 is 2.30 bits per heavy atom. The number of carbonyl (C=O) groups excluding carboxylic acids is 1. The first kappa shape index (κ1) is 14.0. The molecule has 4 N–H and O–H groups in total. The number of amides is 1. The van der Waals surface area contributed by atoms with Gasteiger partial charge in [-0.05, 0) is 24.3 Å². The zero-order chi connectivity index (χ0) is 14.8. The molecule has 0 aromatic heterocycles. The van der Waals surface area contributed by atoms with Crippen molar-refractivity contribution in [2.45, 2.75) is 4.90 Å². The van der Waals surface area contributed by atoms with Crippen LogP contribution in [0.3, 0.4) is 0 Å². The molecule has 0 unspecified atom stereocenters. The van der Waals surface area contributed by atoms with Crippen LogP contribution < -0.4 is 11.1 Å². The second kappa shape index (κ2) is 5.32. The van der Waals surface area contributed by atoms with E-state index in [1.54, 1.807) is 24.3 Å². The minimum absolute atomic E-state index is 0.0109. The summed E-state index contributed by atoms with van der Waals surface area (Å²) in [6, 6.07) is 11.9. The lowest BCUT2D eigenvalue weighted by molar-refractivity contribution is 0.102. The summed E-state index contributed by atoms with van der Waals surface area (Å²) in [4.78, 5) is 11.7. The molecule has 0 aliphatic rings. The van der Waals surface area contributed by atoms with Crippen LogP contribution in [0.15, 0.2) is 53.4 Å². The molecule has 0 atom stereocenters. The zero-order valence-electron chi connectivity index (χ0n) is 10.3. The summed E-state index contributed by atoms with van der Waals surface area (Å²) in [5.74, 6) is -0.556. The van der Waals surface area contributed by atoms with Crippen molar-refractivity contribution in [3.63, 3.8) is 0 Å². The molecule has 1 amide bonds. The highest BCUT2D eigenvalue weighted by Gasteiger charge is 2.17. The Balaban J connectivity index is 2.37. The van der Waals surface area contributed by atoms with E-state index in [1.807, 2.05) is 0 Å². The molecule has 2 aromatic rings. The molecule has 104 valence electrons. The lowest BCUT2D eigenvalue weighted by atomic mass is 10.1. The number of hydrogen-bond donors (Lipinski definition) is 3. The van der Waals surface area contributed by atoms with Crippen LogP contribution in [0.5, 0.6) is 0 Å². The third-order valence-electron chi connectivity index (χ3n) is 2.62. The maximum Gasteiger partial charge on any atom is 0.296 e. The fourth-order valence-electron chi connectivity index (χ4n) is 1.69. The Labute approximate surface area is 116 Å². The van der Waals surface area contributed by atoms with E-state index in [0.29, 0.717) is 0 Å². The maximum absolute atomic E-state index is 12.0. The zero-order valence-corrected chi connectivity index (χ0v) is 11.1. The lowest BCUT2D eigenvalue weighted by Gasteiger charge is -2.10. The molecule has 0 aliphatic heterocycles. The maximum atomic E-state index is 12.0. The molecule has 0 saturated carbocycles. The van der Waals surface area contributed by atoms with Crippen LogP contribution >= 0.6 is 0 Å². The van der Waals surface area contributed by atoms with Gasteiger partial charge in [-0.3, -0.25) is 9.35 Å². The largest absolute Gasteiger partial charge is 0.398 e. The molecule has 0 saturated heterocycles. The molecule has 2 rings (SSSR count). The molecule has 0 heterocycles. The van der Waals surface area contributed by atoms with Crippen LogP contribution in [0.1, 0.15) is 10.4 Å². The SMILES string of the molecule is Nc1ccccc1C(=O)Nc1ccccc1S(=O)(=O)O. The van der Waals surface area contributed by atoms with E-state index in [0.717, 1.165) is 0 Å². The number of benzene rings is 2. The van der Waals surface area contributed by atoms with Crippen LogP contribution in [0.25, 0.3) is 0 Å². The van der Waals surface area contributed by atoms with Crippen LogP contribution in [0, 0.1) is 0 Å². The minimum atomic E-state index is -4.42. The van der Waals surface area contributed by atoms with Crippen molar-refractivity contribution < 1.29 is 17.8 Å². The van der Waals surface area contributed by atoms with Gasteiger partial charge in [-0.25, -0.2) is 0 Å². The van der Waals surface area contributed by atoms with Crippen LogP contribution in [-0.2, 0) is 10.1 Å². The first-order chi connectivity index (χ1) is 9.39. The molecule has 2 aromatic carbocycles. The second-order valence-corrected chi connectivity index (χ2v) is 5.40. The normalized spacial score (nSPS) is 11.1. The lowest BCUT2D eigenvalue weighted by Crippen LogP contribution is -2.16. The van der Waals surface area contributed by atoms with Crippen molar-refractivity contribution >= 4 is 27.4 Å². The molecule has 0 radical (unpaired) electrons. The molecule has 6 nitrogen and oxygen atoms in total. The van der Waals surface area contributed by atoms with Crippen LogP contribution in [-0.4, -0.2) is 18.9 Å². The Morgan fingerprint density at radius 2 is 1.65 bits per heavy atom. The van der Waals surface area contributed by atoms with Crippen molar-refractivity contribution in [3.8, 4) is 0 Å². The summed E-state index contributed by atoms with van der Waals surface area (Å²) in [7, 11) is -4.42. The van der Waals surface area contributed by atoms with Crippen molar-refractivity contribution in [2.75, 3.05) is 11.1 Å². The van der Waals surface area contributed by atoms with Gasteiger partial charge < -0.3 is 11.1 Å². The Hall–Kier alpha value is -2.38. The number of para-hydroxylation sites is 2. The average molecular weight is 292 g/mol. The summed E-state index contributed by atoms with van der Waals surface area (Å²) >= 11 is 0. The smallest absolute Gasteiger partial charge is 0.296 e. The van der Waals surface area contributed by atoms with Gasteiger partial charge in [0.2, 0.25) is 0 Å². The third-order valence-corrected chi connectivity index (χ3v) is 3.53. The number of nitrogens with one attached hydrogen (secondary N) is 1. The number of nitrogens with two attached hydrogens (primary N) is 1. The molecule has 0 spiro atoms. The van der Waals surface area contributed by atoms with Crippen molar-refractivity contribution in [3.05, 3.63) is 54.1 Å². The van der Waals surface area contributed by atoms with Gasteiger partial charge in [0.15, 0.2) is 0 Å². The highest BCUT2D eigenvalue weighted by Crippen LogP contribution is 2.22. The van der Waals surface area contributed by atoms with Crippen molar-refractivity contribution in [1.82, 2.24) is 0 Å². The first-order valence-electron chi connectivity index (χ1n) is 5.62. The second-order valence-electron chi connectivity index (χ2n) is 4.01. The van der Waals surface area contributed by atoms with Gasteiger partial charge in [0.1, 0.15) is 4.90 Å². The van der Waals surface area contributed by atoms with Crippen molar-refractivity contribution in [2.24, 2.45) is 0 Å². The molecule has 0 aliphatic carbocycles. The van der Waals surface area contributed by atoms with E-state index < -0.39 is 16.0 Å². The predicted octanol–water partition coefficient (Wildman–Crippen LogP) is 1.77. The molecular weight excluding hydrogens is 280 g/mol. The van der Waals surface area contributed by atoms with Gasteiger partial charge in [0, 0.05) is 5.69 Å². The van der Waals surface area contributed by atoms with Gasteiger partial charge in [-0.1, -0.05) is 24.3 Å². The monoisotopic (exact) mass is 292 g/mol. The number of carbonyl (C=O) groups is 1. The van der Waals surface area contributed by atoms with Crippen LogP contribution in [0.4, 0.5) is 11.4 Å². The van der Waals surface area contributed by atoms with E-state index in [4.69, 9.17) is 10.3 Å². The first-order valence-corrected chi connectivity index (χ1v) is 7.06. The quantitative estimate of drug-likeness (QED) is 0.590. The minimum Gasteiger partial charge on any atom is -0.398 e. The number of anilines is 2. The molecular formula is C13H12N2O4S. The van der Waals surface area contributed by atoms with E-state index in [1.165, 1.54) is 24.3 Å². The van der Waals surface area contributed by atoms with Gasteiger partial charge in [-0.15, -0.1) is 0 Å². The highest BCUT2D eigenvalue weighted by atomic mass is 32.2. The summed E-state index contributed by atoms with van der Waals surface area (Å²) in [6.45, 7) is 0. The van der Waals surface area contributed by atoms with E-state index in [2.05, 4.69) is 5.32 Å². The average Bonchev–Trinajstić information content (AvgIpc) is 2.38. The standard InChI is InChI=1S/C13H12N2O4S/c14-10-6-2-1-5-9(10)13(16)15-11-7-3-4-8-12(11)20(17,18)19/h1-8H,14H2,(H,15,16)(H,17,18,19). The molecule has 0 bridgehead atoms. The summed E-state index contributed by atoms with van der Waals surface area (Å²) in [5, 5.41) is 2.42. The topological polar surface area (TPSA) is 109 Å². The van der Waals surface area contributed by atoms with Gasteiger partial charge in [-0.2, -0.15) is 8.42 Å². The summed E-state index contributed by atoms with van der Waals surface area (Å²) < 4.78 is 31.5. The fourth-order valence-corrected chi connectivity index (χ4v) is 2.34. The van der Waals surface area contributed by atoms with E-state index in [-0.39, 0.29) is 21.8 Å². The number of rotatable bonds is 3. The third kappa shape index (κ3) is 2.95.